The minimum absolute atomic E-state index is 0.0660. The second-order valence-corrected chi connectivity index (χ2v) is 11.5. The molecule has 2 amide bonds. The molecule has 0 aromatic heterocycles. The van der Waals surface area contributed by atoms with Crippen molar-refractivity contribution in [2.24, 2.45) is 0 Å². The fourth-order valence-electron chi connectivity index (χ4n) is 4.75. The predicted molar refractivity (Wildman–Crippen MR) is 171 cm³/mol. The molecule has 0 radical (unpaired) electrons. The molecule has 6 nitrogen and oxygen atoms in total. The number of hydrogen-bond acceptors (Lipinski definition) is 4. The fourth-order valence-corrected chi connectivity index (χ4v) is 5.05. The number of amides is 2. The SMILES string of the molecule is CCC(CNc1ccc2ccccc2c1)NCC(=O)NC(CNC(=O)c1cc(C(F)(F)F)cc(C(F)(F)F)c1)c1ccc(Cl)c(Cl)c1. The van der Waals surface area contributed by atoms with Crippen LogP contribution in [0.25, 0.3) is 10.8 Å². The fraction of sp³-hybridized carbons (Fsp3) is 0.273. The first-order valence-electron chi connectivity index (χ1n) is 14.4. The van der Waals surface area contributed by atoms with Gasteiger partial charge >= 0.3 is 12.4 Å². The van der Waals surface area contributed by atoms with E-state index in [0.29, 0.717) is 30.7 Å². The number of hydrogen-bond donors (Lipinski definition) is 4. The number of alkyl halides is 6. The van der Waals surface area contributed by atoms with Gasteiger partial charge in [-0.2, -0.15) is 26.3 Å². The molecule has 4 aromatic rings. The topological polar surface area (TPSA) is 82.3 Å². The zero-order valence-corrected chi connectivity index (χ0v) is 26.3. The summed E-state index contributed by atoms with van der Waals surface area (Å²) in [4.78, 5) is 25.9. The number of fused-ring (bicyclic) bond motifs is 1. The summed E-state index contributed by atoms with van der Waals surface area (Å²) < 4.78 is 79.9. The second kappa shape index (κ2) is 15.3. The van der Waals surface area contributed by atoms with Gasteiger partial charge in [-0.05, 0) is 65.2 Å². The van der Waals surface area contributed by atoms with Gasteiger partial charge in [-0.3, -0.25) is 9.59 Å². The lowest BCUT2D eigenvalue weighted by molar-refractivity contribution is -0.143. The number of anilines is 1. The summed E-state index contributed by atoms with van der Waals surface area (Å²) in [5, 5.41) is 14.1. The average molecular weight is 700 g/mol. The van der Waals surface area contributed by atoms with Crippen molar-refractivity contribution in [2.45, 2.75) is 37.8 Å². The maximum absolute atomic E-state index is 13.3. The first-order chi connectivity index (χ1) is 22.1. The number of benzene rings is 4. The highest BCUT2D eigenvalue weighted by Crippen LogP contribution is 2.36. The van der Waals surface area contributed by atoms with Crippen LogP contribution in [0, 0.1) is 0 Å². The van der Waals surface area contributed by atoms with Crippen LogP contribution in [-0.2, 0) is 17.1 Å². The van der Waals surface area contributed by atoms with E-state index in [9.17, 15) is 35.9 Å². The summed E-state index contributed by atoms with van der Waals surface area (Å²) >= 11 is 12.2. The van der Waals surface area contributed by atoms with E-state index in [1.54, 1.807) is 0 Å². The largest absolute Gasteiger partial charge is 0.416 e. The van der Waals surface area contributed by atoms with Gasteiger partial charge in [0.15, 0.2) is 0 Å². The molecule has 2 unspecified atom stereocenters. The van der Waals surface area contributed by atoms with Gasteiger partial charge in [0.1, 0.15) is 0 Å². The van der Waals surface area contributed by atoms with E-state index in [2.05, 4.69) is 21.3 Å². The first-order valence-corrected chi connectivity index (χ1v) is 15.2. The van der Waals surface area contributed by atoms with Gasteiger partial charge in [0.05, 0.1) is 33.8 Å². The van der Waals surface area contributed by atoms with Crippen LogP contribution in [0.1, 0.15) is 46.4 Å². The minimum Gasteiger partial charge on any atom is -0.383 e. The van der Waals surface area contributed by atoms with Crippen molar-refractivity contribution in [3.8, 4) is 0 Å². The number of nitrogens with one attached hydrogen (secondary N) is 4. The van der Waals surface area contributed by atoms with Crippen LogP contribution in [0.3, 0.4) is 0 Å². The van der Waals surface area contributed by atoms with Crippen LogP contribution in [-0.4, -0.2) is 37.5 Å². The van der Waals surface area contributed by atoms with Crippen molar-refractivity contribution in [1.29, 1.82) is 0 Å². The molecular weight excluding hydrogens is 669 g/mol. The number of carbonyl (C=O) groups excluding carboxylic acids is 2. The number of halogens is 8. The molecular formula is C33H30Cl2F6N4O2. The van der Waals surface area contributed by atoms with E-state index in [1.807, 2.05) is 49.4 Å². The lowest BCUT2D eigenvalue weighted by Crippen LogP contribution is -2.45. The van der Waals surface area contributed by atoms with E-state index in [1.165, 1.54) is 18.2 Å². The second-order valence-electron chi connectivity index (χ2n) is 10.7. The number of rotatable bonds is 12. The third-order valence-corrected chi connectivity index (χ3v) is 8.08. The summed E-state index contributed by atoms with van der Waals surface area (Å²) in [6.45, 7) is 1.93. The molecule has 0 aliphatic carbocycles. The maximum atomic E-state index is 13.3. The monoisotopic (exact) mass is 698 g/mol. The molecule has 47 heavy (non-hydrogen) atoms. The molecule has 0 fully saturated rings. The quantitative estimate of drug-likeness (QED) is 0.112. The Kier molecular flexibility index (Phi) is 11.6. The highest BCUT2D eigenvalue weighted by atomic mass is 35.5. The normalized spacial score (nSPS) is 13.2. The van der Waals surface area contributed by atoms with Gasteiger partial charge < -0.3 is 21.3 Å². The van der Waals surface area contributed by atoms with Crippen molar-refractivity contribution in [3.05, 3.63) is 111 Å². The first kappa shape index (κ1) is 35.8. The van der Waals surface area contributed by atoms with Crippen molar-refractivity contribution in [2.75, 3.05) is 25.0 Å². The lowest BCUT2D eigenvalue weighted by atomic mass is 10.0. The van der Waals surface area contributed by atoms with Gasteiger partial charge in [-0.1, -0.05) is 66.5 Å². The van der Waals surface area contributed by atoms with Crippen molar-refractivity contribution < 1.29 is 35.9 Å². The van der Waals surface area contributed by atoms with E-state index in [0.717, 1.165) is 16.5 Å². The maximum Gasteiger partial charge on any atom is 0.416 e. The molecule has 4 rings (SSSR count). The van der Waals surface area contributed by atoms with Crippen LogP contribution in [0.15, 0.2) is 78.9 Å². The molecule has 4 aromatic carbocycles. The molecule has 0 aliphatic heterocycles. The summed E-state index contributed by atoms with van der Waals surface area (Å²) in [6.07, 6.45) is -9.57. The molecule has 0 heterocycles. The summed E-state index contributed by atoms with van der Waals surface area (Å²) in [6, 6.07) is 17.8. The average Bonchev–Trinajstić information content (AvgIpc) is 3.03. The van der Waals surface area contributed by atoms with Crippen LogP contribution in [0.2, 0.25) is 10.0 Å². The van der Waals surface area contributed by atoms with Crippen LogP contribution >= 0.6 is 23.2 Å². The highest BCUT2D eigenvalue weighted by molar-refractivity contribution is 6.42. The van der Waals surface area contributed by atoms with E-state index in [4.69, 9.17) is 23.2 Å². The van der Waals surface area contributed by atoms with Crippen molar-refractivity contribution in [3.63, 3.8) is 0 Å². The Morgan fingerprint density at radius 2 is 1.43 bits per heavy atom. The molecule has 250 valence electrons. The third kappa shape index (κ3) is 9.99. The Hall–Kier alpha value is -4.00. The molecule has 0 spiro atoms. The van der Waals surface area contributed by atoms with Gasteiger partial charge in [0.2, 0.25) is 5.91 Å². The molecule has 14 heteroatoms. The van der Waals surface area contributed by atoms with Gasteiger partial charge in [-0.25, -0.2) is 0 Å². The zero-order valence-electron chi connectivity index (χ0n) is 24.8. The molecule has 0 saturated carbocycles. The summed E-state index contributed by atoms with van der Waals surface area (Å²) in [5.74, 6) is -1.69. The summed E-state index contributed by atoms with van der Waals surface area (Å²) in [5.41, 5.74) is -2.81. The predicted octanol–water partition coefficient (Wildman–Crippen LogP) is 8.25. The van der Waals surface area contributed by atoms with E-state index >= 15 is 0 Å². The Balaban J connectivity index is 1.43. The highest BCUT2D eigenvalue weighted by Gasteiger charge is 2.37. The minimum atomic E-state index is -5.12. The van der Waals surface area contributed by atoms with Gasteiger partial charge in [0, 0.05) is 30.4 Å². The van der Waals surface area contributed by atoms with Crippen LogP contribution < -0.4 is 21.3 Å². The van der Waals surface area contributed by atoms with Crippen LogP contribution in [0.4, 0.5) is 32.0 Å². The van der Waals surface area contributed by atoms with Crippen molar-refractivity contribution in [1.82, 2.24) is 16.0 Å². The standard InChI is InChI=1S/C33H30Cl2F6N4O2/c1-2-25(16-42-26-9-7-19-5-3-4-6-20(19)13-26)43-18-30(46)45-29(21-8-10-27(34)28(35)14-21)17-44-31(47)22-11-23(32(36,37)38)15-24(12-22)33(39,40)41/h3-15,25,29,42-43H,2,16-18H2,1H3,(H,44,47)(H,45,46). The van der Waals surface area contributed by atoms with Crippen molar-refractivity contribution >= 4 is 51.5 Å². The Bertz CT molecular complexity index is 1700. The summed E-state index contributed by atoms with van der Waals surface area (Å²) in [7, 11) is 0. The Morgan fingerprint density at radius 3 is 2.04 bits per heavy atom. The molecule has 0 bridgehead atoms. The molecule has 4 N–H and O–H groups in total. The van der Waals surface area contributed by atoms with Gasteiger partial charge in [-0.15, -0.1) is 0 Å². The third-order valence-electron chi connectivity index (χ3n) is 7.34. The molecule has 2 atom stereocenters. The molecule has 0 aliphatic rings. The van der Waals surface area contributed by atoms with E-state index in [-0.39, 0.29) is 35.2 Å². The van der Waals surface area contributed by atoms with Gasteiger partial charge in [0.25, 0.3) is 5.91 Å². The smallest absolute Gasteiger partial charge is 0.383 e. The Labute approximate surface area is 276 Å². The van der Waals surface area contributed by atoms with Crippen LogP contribution in [0.5, 0.6) is 0 Å². The van der Waals surface area contributed by atoms with E-state index < -0.39 is 46.9 Å². The molecule has 0 saturated heterocycles. The zero-order chi connectivity index (χ0) is 34.4. The Morgan fingerprint density at radius 1 is 0.766 bits per heavy atom. The lowest BCUT2D eigenvalue weighted by Gasteiger charge is -2.23. The number of carbonyl (C=O) groups is 2.